The quantitative estimate of drug-likeness (QED) is 0.450. The van der Waals surface area contributed by atoms with Gasteiger partial charge in [0.15, 0.2) is 17.3 Å². The zero-order valence-electron chi connectivity index (χ0n) is 16.3. The number of hydrogen-bond acceptors (Lipinski definition) is 7. The van der Waals surface area contributed by atoms with E-state index in [2.05, 4.69) is 25.5 Å². The maximum absolute atomic E-state index is 12.5. The number of benzene rings is 2. The maximum Gasteiger partial charge on any atom is 0.251 e. The van der Waals surface area contributed by atoms with Crippen LogP contribution in [0.1, 0.15) is 21.8 Å². The van der Waals surface area contributed by atoms with E-state index >= 15 is 0 Å². The van der Waals surface area contributed by atoms with E-state index in [4.69, 9.17) is 9.15 Å². The number of oxazole rings is 1. The third-order valence-corrected chi connectivity index (χ3v) is 4.57. The monoisotopic (exact) mass is 405 g/mol. The van der Waals surface area contributed by atoms with Crippen LogP contribution in [0.15, 0.2) is 53.2 Å². The van der Waals surface area contributed by atoms with Crippen LogP contribution in [0.2, 0.25) is 0 Å². The number of phenolic OH excluding ortho intramolecular Hbond substituents is 1. The number of methoxy groups -OCH3 is 1. The number of rotatable bonds is 6. The van der Waals surface area contributed by atoms with E-state index in [0.717, 1.165) is 5.56 Å². The first-order valence-corrected chi connectivity index (χ1v) is 9.13. The molecule has 0 radical (unpaired) electrons. The van der Waals surface area contributed by atoms with E-state index in [9.17, 15) is 9.90 Å². The minimum atomic E-state index is -0.231. The summed E-state index contributed by atoms with van der Waals surface area (Å²) in [5, 5.41) is 19.4. The molecule has 152 valence electrons. The zero-order valence-corrected chi connectivity index (χ0v) is 16.3. The van der Waals surface area contributed by atoms with Crippen molar-refractivity contribution in [2.75, 3.05) is 7.11 Å². The summed E-state index contributed by atoms with van der Waals surface area (Å²) in [6.45, 7) is 1.98. The van der Waals surface area contributed by atoms with Crippen LogP contribution in [0.5, 0.6) is 11.5 Å². The van der Waals surface area contributed by atoms with E-state index in [1.54, 1.807) is 43.3 Å². The molecule has 9 nitrogen and oxygen atoms in total. The summed E-state index contributed by atoms with van der Waals surface area (Å²) >= 11 is 0. The van der Waals surface area contributed by atoms with Gasteiger partial charge in [0.1, 0.15) is 17.8 Å². The SMILES string of the molecule is COc1ccc(-c2nc(CNC(=O)c3ccc(-c4ncn[nH]4)cc3)c(C)o2)cc1O. The van der Waals surface area contributed by atoms with Crippen LogP contribution in [0.25, 0.3) is 22.8 Å². The fourth-order valence-electron chi connectivity index (χ4n) is 2.93. The van der Waals surface area contributed by atoms with Crippen molar-refractivity contribution in [2.24, 2.45) is 0 Å². The van der Waals surface area contributed by atoms with Gasteiger partial charge in [-0.05, 0) is 37.3 Å². The molecule has 0 fully saturated rings. The Kier molecular flexibility index (Phi) is 5.17. The van der Waals surface area contributed by atoms with Gasteiger partial charge in [0.05, 0.1) is 13.7 Å². The molecule has 0 unspecified atom stereocenters. The molecule has 0 spiro atoms. The molecule has 0 atom stereocenters. The Hall–Kier alpha value is -4.14. The Morgan fingerprint density at radius 3 is 2.63 bits per heavy atom. The van der Waals surface area contributed by atoms with E-state index in [-0.39, 0.29) is 18.2 Å². The van der Waals surface area contributed by atoms with Gasteiger partial charge in [-0.1, -0.05) is 12.1 Å². The molecule has 0 aliphatic heterocycles. The summed E-state index contributed by atoms with van der Waals surface area (Å²) < 4.78 is 10.7. The minimum Gasteiger partial charge on any atom is -0.504 e. The van der Waals surface area contributed by atoms with Gasteiger partial charge < -0.3 is 19.6 Å². The lowest BCUT2D eigenvalue weighted by molar-refractivity contribution is 0.0950. The third-order valence-electron chi connectivity index (χ3n) is 4.57. The van der Waals surface area contributed by atoms with Gasteiger partial charge in [-0.25, -0.2) is 9.97 Å². The zero-order chi connectivity index (χ0) is 21.1. The van der Waals surface area contributed by atoms with Crippen LogP contribution in [0.4, 0.5) is 0 Å². The first kappa shape index (κ1) is 19.2. The van der Waals surface area contributed by atoms with Crippen molar-refractivity contribution >= 4 is 5.91 Å². The van der Waals surface area contributed by atoms with Gasteiger partial charge in [0.2, 0.25) is 5.89 Å². The van der Waals surface area contributed by atoms with Crippen LogP contribution in [-0.2, 0) is 6.54 Å². The number of nitrogens with zero attached hydrogens (tertiary/aromatic N) is 3. The number of carbonyl (C=O) groups is 1. The van der Waals surface area contributed by atoms with Crippen molar-refractivity contribution in [3.8, 4) is 34.3 Å². The van der Waals surface area contributed by atoms with Crippen molar-refractivity contribution in [1.82, 2.24) is 25.5 Å². The summed E-state index contributed by atoms with van der Waals surface area (Å²) in [7, 11) is 1.48. The van der Waals surface area contributed by atoms with Gasteiger partial charge in [-0.3, -0.25) is 9.89 Å². The van der Waals surface area contributed by atoms with Gasteiger partial charge in [0.25, 0.3) is 5.91 Å². The highest BCUT2D eigenvalue weighted by Crippen LogP contribution is 2.31. The molecule has 4 aromatic rings. The largest absolute Gasteiger partial charge is 0.504 e. The molecule has 0 saturated heterocycles. The van der Waals surface area contributed by atoms with Crippen molar-refractivity contribution in [1.29, 1.82) is 0 Å². The molecule has 2 heterocycles. The van der Waals surface area contributed by atoms with Gasteiger partial charge in [-0.15, -0.1) is 0 Å². The summed E-state index contributed by atoms with van der Waals surface area (Å²) in [5.74, 6) is 1.70. The van der Waals surface area contributed by atoms with Crippen LogP contribution < -0.4 is 10.1 Å². The molecule has 2 aromatic carbocycles. The van der Waals surface area contributed by atoms with Crippen LogP contribution in [0, 0.1) is 6.92 Å². The topological polar surface area (TPSA) is 126 Å². The number of phenols is 1. The van der Waals surface area contributed by atoms with Crippen molar-refractivity contribution in [3.05, 3.63) is 65.8 Å². The molecule has 3 N–H and O–H groups in total. The number of ether oxygens (including phenoxy) is 1. The van der Waals surface area contributed by atoms with Gasteiger partial charge >= 0.3 is 0 Å². The Morgan fingerprint density at radius 1 is 1.20 bits per heavy atom. The van der Waals surface area contributed by atoms with Crippen LogP contribution in [0.3, 0.4) is 0 Å². The summed E-state index contributed by atoms with van der Waals surface area (Å²) in [5.41, 5.74) is 2.56. The molecule has 4 rings (SSSR count). The summed E-state index contributed by atoms with van der Waals surface area (Å²) in [6.07, 6.45) is 1.43. The number of aromatic amines is 1. The summed E-state index contributed by atoms with van der Waals surface area (Å²) in [4.78, 5) is 21.0. The second kappa shape index (κ2) is 8.08. The molecule has 0 aliphatic carbocycles. The molecular formula is C21H19N5O4. The first-order chi connectivity index (χ1) is 14.5. The van der Waals surface area contributed by atoms with Crippen molar-refractivity contribution in [3.63, 3.8) is 0 Å². The van der Waals surface area contributed by atoms with Gasteiger partial charge in [-0.2, -0.15) is 5.10 Å². The molecule has 2 aromatic heterocycles. The average Bonchev–Trinajstić information content (AvgIpc) is 3.42. The van der Waals surface area contributed by atoms with Gasteiger partial charge in [0, 0.05) is 16.7 Å². The number of aryl methyl sites for hydroxylation is 1. The third kappa shape index (κ3) is 3.86. The Morgan fingerprint density at radius 2 is 1.97 bits per heavy atom. The Labute approximate surface area is 171 Å². The summed E-state index contributed by atoms with van der Waals surface area (Å²) in [6, 6.07) is 11.9. The van der Waals surface area contributed by atoms with E-state index < -0.39 is 0 Å². The predicted molar refractivity (Wildman–Crippen MR) is 108 cm³/mol. The normalized spacial score (nSPS) is 10.7. The fraction of sp³-hybridized carbons (Fsp3) is 0.143. The van der Waals surface area contributed by atoms with E-state index in [1.807, 2.05) is 0 Å². The highest BCUT2D eigenvalue weighted by Gasteiger charge is 2.15. The highest BCUT2D eigenvalue weighted by atomic mass is 16.5. The average molecular weight is 405 g/mol. The van der Waals surface area contributed by atoms with Crippen molar-refractivity contribution < 1.29 is 19.1 Å². The number of H-pyrrole nitrogens is 1. The molecule has 30 heavy (non-hydrogen) atoms. The van der Waals surface area contributed by atoms with E-state index in [1.165, 1.54) is 19.5 Å². The number of amides is 1. The lowest BCUT2D eigenvalue weighted by atomic mass is 10.1. The molecule has 0 saturated carbocycles. The predicted octanol–water partition coefficient (Wildman–Crippen LogP) is 3.08. The van der Waals surface area contributed by atoms with Crippen LogP contribution in [-0.4, -0.2) is 38.3 Å². The number of carbonyl (C=O) groups excluding carboxylic acids is 1. The second-order valence-corrected chi connectivity index (χ2v) is 6.50. The van der Waals surface area contributed by atoms with Crippen LogP contribution >= 0.6 is 0 Å². The molecule has 9 heteroatoms. The lowest BCUT2D eigenvalue weighted by Crippen LogP contribution is -2.23. The maximum atomic E-state index is 12.5. The Balaban J connectivity index is 1.44. The highest BCUT2D eigenvalue weighted by molar-refractivity contribution is 5.94. The molecule has 0 bridgehead atoms. The number of aromatic hydroxyl groups is 1. The molecule has 1 amide bonds. The second-order valence-electron chi connectivity index (χ2n) is 6.50. The van der Waals surface area contributed by atoms with Crippen molar-refractivity contribution in [2.45, 2.75) is 13.5 Å². The number of aromatic nitrogens is 4. The van der Waals surface area contributed by atoms with E-state index in [0.29, 0.717) is 40.0 Å². The smallest absolute Gasteiger partial charge is 0.251 e. The lowest BCUT2D eigenvalue weighted by Gasteiger charge is -2.04. The fourth-order valence-corrected chi connectivity index (χ4v) is 2.93. The molecule has 0 aliphatic rings. The number of hydrogen-bond donors (Lipinski definition) is 3. The standard InChI is InChI=1S/C21H19N5O4/c1-12-16(25-21(30-12)15-7-8-18(29-2)17(27)9-15)10-22-20(28)14-5-3-13(4-6-14)19-23-11-24-26-19/h3-9,11,27H,10H2,1-2H3,(H,22,28)(H,23,24,26). The minimum absolute atomic E-state index is 0.00511. The number of nitrogens with one attached hydrogen (secondary N) is 2. The molecular weight excluding hydrogens is 386 g/mol. The first-order valence-electron chi connectivity index (χ1n) is 9.13. The Bertz CT molecular complexity index is 1170.